The van der Waals surface area contributed by atoms with E-state index in [2.05, 4.69) is 15.5 Å². The fraction of sp³-hybridized carbons (Fsp3) is 0.294. The summed E-state index contributed by atoms with van der Waals surface area (Å²) in [6.45, 7) is 5.38. The summed E-state index contributed by atoms with van der Waals surface area (Å²) in [5.74, 6) is -0.514. The summed E-state index contributed by atoms with van der Waals surface area (Å²) in [5.41, 5.74) is 6.10. The highest BCUT2D eigenvalue weighted by atomic mass is 32.2. The molecular weight excluding hydrogens is 340 g/mol. The Morgan fingerprint density at radius 3 is 2.44 bits per heavy atom. The van der Waals surface area contributed by atoms with Gasteiger partial charge < -0.3 is 4.98 Å². The number of hydrogen-bond donors (Lipinski definition) is 2. The quantitative estimate of drug-likeness (QED) is 0.605. The highest BCUT2D eigenvalue weighted by Gasteiger charge is 2.22. The first kappa shape index (κ1) is 18.9. The third-order valence-electron chi connectivity index (χ3n) is 3.68. The number of aromatic amines is 1. The molecule has 0 fully saturated rings. The van der Waals surface area contributed by atoms with Gasteiger partial charge in [-0.3, -0.25) is 4.79 Å². The van der Waals surface area contributed by atoms with Crippen molar-refractivity contribution in [3.8, 4) is 0 Å². The third kappa shape index (κ3) is 4.77. The first-order chi connectivity index (χ1) is 11.7. The number of aromatic nitrogens is 1. The molecule has 0 radical (unpaired) electrons. The molecule has 2 aromatic rings. The summed E-state index contributed by atoms with van der Waals surface area (Å²) in [7, 11) is -2.36. The fourth-order valence-corrected chi connectivity index (χ4v) is 3.39. The number of amides is 1. The predicted molar refractivity (Wildman–Crippen MR) is 97.0 cm³/mol. The van der Waals surface area contributed by atoms with E-state index in [1.165, 1.54) is 25.4 Å². The van der Waals surface area contributed by atoms with Crippen molar-refractivity contribution in [2.45, 2.75) is 25.7 Å². The van der Waals surface area contributed by atoms with Gasteiger partial charge in [0.05, 0.1) is 17.7 Å². The number of carbonyl (C=O) groups excluding carboxylic acids is 1. The largest absolute Gasteiger partial charge is 0.362 e. The molecule has 1 aromatic carbocycles. The first-order valence-corrected chi connectivity index (χ1v) is 9.15. The first-order valence-electron chi connectivity index (χ1n) is 7.71. The van der Waals surface area contributed by atoms with Crippen LogP contribution in [0.4, 0.5) is 0 Å². The van der Waals surface area contributed by atoms with Crippen LogP contribution in [0.15, 0.2) is 40.3 Å². The molecule has 0 spiro atoms. The molecule has 0 aliphatic carbocycles. The second kappa shape index (κ2) is 7.62. The van der Waals surface area contributed by atoms with Crippen molar-refractivity contribution < 1.29 is 13.2 Å². The van der Waals surface area contributed by atoms with Crippen molar-refractivity contribution in [2.24, 2.45) is 5.10 Å². The Bertz CT molecular complexity index is 883. The van der Waals surface area contributed by atoms with Crippen LogP contribution in [0.5, 0.6) is 0 Å². The van der Waals surface area contributed by atoms with Gasteiger partial charge in [0.15, 0.2) is 0 Å². The molecule has 0 aliphatic heterocycles. The molecule has 25 heavy (non-hydrogen) atoms. The maximum atomic E-state index is 12.4. The van der Waals surface area contributed by atoms with Gasteiger partial charge in [0.25, 0.3) is 5.91 Å². The van der Waals surface area contributed by atoms with Crippen LogP contribution >= 0.6 is 0 Å². The number of carbonyl (C=O) groups is 1. The minimum Gasteiger partial charge on any atom is -0.362 e. The zero-order valence-electron chi connectivity index (χ0n) is 14.7. The molecule has 0 saturated heterocycles. The Labute approximate surface area is 147 Å². The lowest BCUT2D eigenvalue weighted by molar-refractivity contribution is -0.121. The second-order valence-corrected chi connectivity index (χ2v) is 7.94. The maximum absolute atomic E-state index is 12.4. The van der Waals surface area contributed by atoms with Crippen molar-refractivity contribution in [1.82, 2.24) is 14.7 Å². The van der Waals surface area contributed by atoms with E-state index in [-0.39, 0.29) is 11.4 Å². The van der Waals surface area contributed by atoms with E-state index in [0.717, 1.165) is 26.8 Å². The number of H-pyrrole nitrogens is 1. The van der Waals surface area contributed by atoms with Crippen LogP contribution in [0, 0.1) is 20.8 Å². The van der Waals surface area contributed by atoms with E-state index in [1.807, 2.05) is 26.8 Å². The number of rotatable bonds is 6. The lowest BCUT2D eigenvalue weighted by Crippen LogP contribution is -2.36. The van der Waals surface area contributed by atoms with Crippen molar-refractivity contribution in [1.29, 1.82) is 0 Å². The van der Waals surface area contributed by atoms with Crippen molar-refractivity contribution >= 4 is 22.1 Å². The number of nitrogens with one attached hydrogen (secondary N) is 2. The number of hydrazone groups is 1. The van der Waals surface area contributed by atoms with E-state index in [1.54, 1.807) is 12.1 Å². The molecule has 0 unspecified atom stereocenters. The normalized spacial score (nSPS) is 12.0. The minimum atomic E-state index is -3.72. The van der Waals surface area contributed by atoms with Gasteiger partial charge in [0, 0.05) is 24.0 Å². The average molecular weight is 362 g/mol. The number of aryl methyl sites for hydroxylation is 3. The van der Waals surface area contributed by atoms with Crippen LogP contribution in [0.25, 0.3) is 0 Å². The zero-order valence-corrected chi connectivity index (χ0v) is 15.5. The van der Waals surface area contributed by atoms with Gasteiger partial charge in [-0.15, -0.1) is 0 Å². The molecule has 7 nitrogen and oxygen atoms in total. The van der Waals surface area contributed by atoms with Crippen LogP contribution in [0.1, 0.15) is 22.5 Å². The lowest BCUT2D eigenvalue weighted by atomic mass is 10.2. The Kier molecular flexibility index (Phi) is 5.76. The summed E-state index contributed by atoms with van der Waals surface area (Å²) < 4.78 is 25.8. The van der Waals surface area contributed by atoms with Gasteiger partial charge in [0.1, 0.15) is 0 Å². The third-order valence-corrected chi connectivity index (χ3v) is 5.50. The van der Waals surface area contributed by atoms with E-state index in [0.29, 0.717) is 0 Å². The standard InChI is InChI=1S/C17H22N4O3S/c1-12-5-7-16(8-6-12)25(23,24)21(4)11-17(22)20-18-10-15-9-13(2)19-14(15)3/h5-10,19H,11H2,1-4H3,(H,20,22)/b18-10+. The molecular formula is C17H22N4O3S. The molecule has 8 heteroatoms. The van der Waals surface area contributed by atoms with Crippen LogP contribution < -0.4 is 5.43 Å². The fourth-order valence-electron chi connectivity index (χ4n) is 2.27. The molecule has 1 heterocycles. The average Bonchev–Trinajstić information content (AvgIpc) is 2.85. The molecule has 0 aliphatic rings. The summed E-state index contributed by atoms with van der Waals surface area (Å²) in [6, 6.07) is 8.38. The Balaban J connectivity index is 1.97. The van der Waals surface area contributed by atoms with Gasteiger partial charge in [-0.05, 0) is 39.0 Å². The van der Waals surface area contributed by atoms with E-state index in [4.69, 9.17) is 0 Å². The molecule has 0 atom stereocenters. The smallest absolute Gasteiger partial charge is 0.255 e. The van der Waals surface area contributed by atoms with E-state index < -0.39 is 15.9 Å². The molecule has 134 valence electrons. The molecule has 0 bridgehead atoms. The summed E-state index contributed by atoms with van der Waals surface area (Å²) in [6.07, 6.45) is 1.52. The number of benzene rings is 1. The maximum Gasteiger partial charge on any atom is 0.255 e. The van der Waals surface area contributed by atoms with Gasteiger partial charge in [0.2, 0.25) is 10.0 Å². The molecule has 2 rings (SSSR count). The lowest BCUT2D eigenvalue weighted by Gasteiger charge is -2.16. The minimum absolute atomic E-state index is 0.148. The number of nitrogens with zero attached hydrogens (tertiary/aromatic N) is 2. The Morgan fingerprint density at radius 1 is 1.24 bits per heavy atom. The van der Waals surface area contributed by atoms with Crippen LogP contribution in [-0.2, 0) is 14.8 Å². The van der Waals surface area contributed by atoms with Crippen molar-refractivity contribution in [3.63, 3.8) is 0 Å². The van der Waals surface area contributed by atoms with Gasteiger partial charge >= 0.3 is 0 Å². The highest BCUT2D eigenvalue weighted by molar-refractivity contribution is 7.89. The zero-order chi connectivity index (χ0) is 18.6. The molecule has 2 N–H and O–H groups in total. The van der Waals surface area contributed by atoms with E-state index >= 15 is 0 Å². The Hall–Kier alpha value is -2.45. The topological polar surface area (TPSA) is 94.6 Å². The molecule has 1 aromatic heterocycles. The summed E-state index contributed by atoms with van der Waals surface area (Å²) in [5, 5.41) is 3.87. The van der Waals surface area contributed by atoms with Gasteiger partial charge in [-0.1, -0.05) is 17.7 Å². The second-order valence-electron chi connectivity index (χ2n) is 5.90. The molecule has 0 saturated carbocycles. The van der Waals surface area contributed by atoms with Crippen LogP contribution in [0.2, 0.25) is 0 Å². The number of hydrogen-bond acceptors (Lipinski definition) is 4. The highest BCUT2D eigenvalue weighted by Crippen LogP contribution is 2.14. The SMILES string of the molecule is Cc1ccc(S(=O)(=O)N(C)CC(=O)N/N=C/c2cc(C)[nH]c2C)cc1. The summed E-state index contributed by atoms with van der Waals surface area (Å²) >= 11 is 0. The van der Waals surface area contributed by atoms with Gasteiger partial charge in [-0.25, -0.2) is 13.8 Å². The monoisotopic (exact) mass is 362 g/mol. The molecule has 1 amide bonds. The van der Waals surface area contributed by atoms with E-state index in [9.17, 15) is 13.2 Å². The van der Waals surface area contributed by atoms with Gasteiger partial charge in [-0.2, -0.15) is 9.41 Å². The predicted octanol–water partition coefficient (Wildman–Crippen LogP) is 1.71. The summed E-state index contributed by atoms with van der Waals surface area (Å²) in [4.78, 5) is 15.2. The number of likely N-dealkylation sites (N-methyl/N-ethyl adjacent to an activating group) is 1. The number of sulfonamides is 1. The van der Waals surface area contributed by atoms with Crippen molar-refractivity contribution in [3.05, 3.63) is 52.8 Å². The Morgan fingerprint density at radius 2 is 1.88 bits per heavy atom. The van der Waals surface area contributed by atoms with Crippen LogP contribution in [0.3, 0.4) is 0 Å². The van der Waals surface area contributed by atoms with Crippen LogP contribution in [-0.4, -0.2) is 43.4 Å². The van der Waals surface area contributed by atoms with Crippen molar-refractivity contribution in [2.75, 3.05) is 13.6 Å².